The maximum Gasteiger partial charge on any atom is 0.230 e. The maximum atomic E-state index is 12.5. The number of hydrogen-bond donors (Lipinski definition) is 1. The van der Waals surface area contributed by atoms with Gasteiger partial charge in [-0.3, -0.25) is 4.79 Å². The van der Waals surface area contributed by atoms with Crippen LogP contribution >= 0.6 is 0 Å². The molecule has 1 aromatic rings. The van der Waals surface area contributed by atoms with Crippen molar-refractivity contribution < 1.29 is 9.53 Å². The molecule has 1 saturated heterocycles. The minimum atomic E-state index is 0.0809. The predicted octanol–water partition coefficient (Wildman–Crippen LogP) is 1.27. The zero-order chi connectivity index (χ0) is 12.5. The van der Waals surface area contributed by atoms with Crippen molar-refractivity contribution in [2.24, 2.45) is 11.8 Å². The minimum absolute atomic E-state index is 0.0809. The summed E-state index contributed by atoms with van der Waals surface area (Å²) in [4.78, 5) is 14.4. The van der Waals surface area contributed by atoms with Gasteiger partial charge in [0.25, 0.3) is 0 Å². The fourth-order valence-electron chi connectivity index (χ4n) is 2.51. The van der Waals surface area contributed by atoms with Crippen molar-refractivity contribution in [2.45, 2.75) is 6.92 Å². The Hall–Kier alpha value is -1.55. The lowest BCUT2D eigenvalue weighted by molar-refractivity contribution is -0.124. The molecule has 96 valence electrons. The maximum absolute atomic E-state index is 12.5. The van der Waals surface area contributed by atoms with Gasteiger partial charge in [0, 0.05) is 5.92 Å². The van der Waals surface area contributed by atoms with Gasteiger partial charge >= 0.3 is 0 Å². The summed E-state index contributed by atoms with van der Waals surface area (Å²) in [5.74, 6) is 1.60. The molecule has 1 unspecified atom stereocenters. The highest BCUT2D eigenvalue weighted by Gasteiger charge is 2.33. The molecule has 3 rings (SSSR count). The summed E-state index contributed by atoms with van der Waals surface area (Å²) in [5.41, 5.74) is 0.910. The van der Waals surface area contributed by atoms with Gasteiger partial charge in [0.1, 0.15) is 12.4 Å². The summed E-state index contributed by atoms with van der Waals surface area (Å²) in [6.07, 6.45) is 0. The van der Waals surface area contributed by atoms with Gasteiger partial charge in [0.05, 0.1) is 12.2 Å². The third-order valence-electron chi connectivity index (χ3n) is 3.90. The average Bonchev–Trinajstić information content (AvgIpc) is 2.35. The number of anilines is 1. The predicted molar refractivity (Wildman–Crippen MR) is 69.8 cm³/mol. The molecule has 2 aliphatic rings. The molecule has 0 radical (unpaired) electrons. The monoisotopic (exact) mass is 246 g/mol. The number of carbonyl (C=O) groups excluding carboxylic acids is 1. The van der Waals surface area contributed by atoms with Crippen LogP contribution in [0.5, 0.6) is 5.75 Å². The first kappa shape index (κ1) is 11.5. The van der Waals surface area contributed by atoms with E-state index in [1.165, 1.54) is 0 Å². The van der Waals surface area contributed by atoms with Gasteiger partial charge in [-0.25, -0.2) is 0 Å². The molecule has 1 fully saturated rings. The van der Waals surface area contributed by atoms with E-state index in [0.29, 0.717) is 19.1 Å². The summed E-state index contributed by atoms with van der Waals surface area (Å²) >= 11 is 0. The molecule has 4 heteroatoms. The molecule has 1 N–H and O–H groups in total. The van der Waals surface area contributed by atoms with E-state index in [4.69, 9.17) is 4.74 Å². The molecule has 4 nitrogen and oxygen atoms in total. The summed E-state index contributed by atoms with van der Waals surface area (Å²) in [5, 5.41) is 3.22. The minimum Gasteiger partial charge on any atom is -0.490 e. The highest BCUT2D eigenvalue weighted by atomic mass is 16.5. The molecule has 0 aliphatic carbocycles. The third-order valence-corrected chi connectivity index (χ3v) is 3.90. The molecule has 0 bridgehead atoms. The molecular weight excluding hydrogens is 228 g/mol. The molecule has 0 saturated carbocycles. The van der Waals surface area contributed by atoms with Crippen LogP contribution in [0.4, 0.5) is 5.69 Å². The number of nitrogens with one attached hydrogen (secondary N) is 1. The second-order valence-electron chi connectivity index (χ2n) is 5.01. The molecule has 0 aromatic heterocycles. The Balaban J connectivity index is 1.82. The molecule has 18 heavy (non-hydrogen) atoms. The van der Waals surface area contributed by atoms with E-state index in [1.54, 1.807) is 0 Å². The van der Waals surface area contributed by atoms with Crippen LogP contribution in [0, 0.1) is 11.8 Å². The number of fused-ring (bicyclic) bond motifs is 1. The fourth-order valence-corrected chi connectivity index (χ4v) is 2.51. The largest absolute Gasteiger partial charge is 0.490 e. The first-order valence-corrected chi connectivity index (χ1v) is 6.51. The van der Waals surface area contributed by atoms with E-state index in [9.17, 15) is 4.79 Å². The molecule has 1 atom stereocenters. The zero-order valence-corrected chi connectivity index (χ0v) is 10.6. The van der Waals surface area contributed by atoms with Gasteiger partial charge in [-0.15, -0.1) is 0 Å². The third kappa shape index (κ3) is 1.86. The SMILES string of the molecule is CC(C(=O)N1CCOc2ccccc21)C1CNC1. The van der Waals surface area contributed by atoms with Crippen molar-refractivity contribution in [1.82, 2.24) is 5.32 Å². The van der Waals surface area contributed by atoms with Crippen LogP contribution in [-0.2, 0) is 4.79 Å². The van der Waals surface area contributed by atoms with Crippen molar-refractivity contribution >= 4 is 11.6 Å². The summed E-state index contributed by atoms with van der Waals surface area (Å²) in [6.45, 7) is 5.18. The Bertz CT molecular complexity index is 457. The summed E-state index contributed by atoms with van der Waals surface area (Å²) in [7, 11) is 0. The summed E-state index contributed by atoms with van der Waals surface area (Å²) < 4.78 is 5.58. The number of ether oxygens (including phenoxy) is 1. The van der Waals surface area contributed by atoms with Gasteiger partial charge in [-0.2, -0.15) is 0 Å². The van der Waals surface area contributed by atoms with Crippen molar-refractivity contribution in [2.75, 3.05) is 31.1 Å². The highest BCUT2D eigenvalue weighted by molar-refractivity contribution is 5.96. The first-order chi connectivity index (χ1) is 8.77. The van der Waals surface area contributed by atoms with Crippen LogP contribution in [0.25, 0.3) is 0 Å². The lowest BCUT2D eigenvalue weighted by Gasteiger charge is -2.36. The summed E-state index contributed by atoms with van der Waals surface area (Å²) in [6, 6.07) is 7.76. The van der Waals surface area contributed by atoms with Crippen LogP contribution in [0.3, 0.4) is 0 Å². The van der Waals surface area contributed by atoms with Gasteiger partial charge in [-0.1, -0.05) is 19.1 Å². The van der Waals surface area contributed by atoms with E-state index in [-0.39, 0.29) is 11.8 Å². The highest BCUT2D eigenvalue weighted by Crippen LogP contribution is 2.33. The Morgan fingerprint density at radius 1 is 1.44 bits per heavy atom. The van der Waals surface area contributed by atoms with Gasteiger partial charge in [0.15, 0.2) is 0 Å². The van der Waals surface area contributed by atoms with E-state index < -0.39 is 0 Å². The number of rotatable bonds is 2. The number of amides is 1. The van der Waals surface area contributed by atoms with Crippen LogP contribution in [-0.4, -0.2) is 32.1 Å². The lowest BCUT2D eigenvalue weighted by atomic mass is 9.87. The Labute approximate surface area is 107 Å². The van der Waals surface area contributed by atoms with Crippen LogP contribution in [0.1, 0.15) is 6.92 Å². The smallest absolute Gasteiger partial charge is 0.230 e. The van der Waals surface area contributed by atoms with Crippen molar-refractivity contribution in [3.63, 3.8) is 0 Å². The second-order valence-corrected chi connectivity index (χ2v) is 5.01. The molecule has 0 spiro atoms. The fraction of sp³-hybridized carbons (Fsp3) is 0.500. The van der Waals surface area contributed by atoms with Crippen molar-refractivity contribution in [1.29, 1.82) is 0 Å². The first-order valence-electron chi connectivity index (χ1n) is 6.51. The second kappa shape index (κ2) is 4.61. The molecule has 1 amide bonds. The number of hydrogen-bond acceptors (Lipinski definition) is 3. The number of benzene rings is 1. The van der Waals surface area contributed by atoms with Crippen molar-refractivity contribution in [3.05, 3.63) is 24.3 Å². The van der Waals surface area contributed by atoms with Gasteiger partial charge in [0.2, 0.25) is 5.91 Å². The molecule has 2 aliphatic heterocycles. The number of carbonyl (C=O) groups is 1. The zero-order valence-electron chi connectivity index (χ0n) is 10.6. The van der Waals surface area contributed by atoms with Gasteiger partial charge in [-0.05, 0) is 31.1 Å². The number of para-hydroxylation sites is 2. The Morgan fingerprint density at radius 2 is 2.22 bits per heavy atom. The Morgan fingerprint density at radius 3 is 2.94 bits per heavy atom. The topological polar surface area (TPSA) is 41.6 Å². The standard InChI is InChI=1S/C14H18N2O2/c1-10(11-8-15-9-11)14(17)16-6-7-18-13-5-3-2-4-12(13)16/h2-5,10-11,15H,6-9H2,1H3. The molecule has 1 aromatic carbocycles. The van der Waals surface area contributed by atoms with E-state index >= 15 is 0 Å². The van der Waals surface area contributed by atoms with Crippen molar-refractivity contribution in [3.8, 4) is 5.75 Å². The lowest BCUT2D eigenvalue weighted by Crippen LogP contribution is -2.51. The molecular formula is C14H18N2O2. The van der Waals surface area contributed by atoms with Gasteiger partial charge < -0.3 is 15.0 Å². The van der Waals surface area contributed by atoms with Crippen LogP contribution < -0.4 is 15.0 Å². The van der Waals surface area contributed by atoms with Crippen LogP contribution in [0.15, 0.2) is 24.3 Å². The van der Waals surface area contributed by atoms with Crippen LogP contribution in [0.2, 0.25) is 0 Å². The number of nitrogens with zero attached hydrogens (tertiary/aromatic N) is 1. The normalized spacial score (nSPS) is 20.6. The van der Waals surface area contributed by atoms with E-state index in [0.717, 1.165) is 24.5 Å². The van der Waals surface area contributed by atoms with E-state index in [2.05, 4.69) is 5.32 Å². The molecule has 2 heterocycles. The quantitative estimate of drug-likeness (QED) is 0.854. The van der Waals surface area contributed by atoms with E-state index in [1.807, 2.05) is 36.1 Å². The Kier molecular flexibility index (Phi) is 2.96. The average molecular weight is 246 g/mol.